The van der Waals surface area contributed by atoms with Gasteiger partial charge in [-0.15, -0.1) is 11.3 Å². The van der Waals surface area contributed by atoms with E-state index in [1.807, 2.05) is 31.2 Å². The van der Waals surface area contributed by atoms with Crippen LogP contribution in [-0.2, 0) is 9.53 Å². The van der Waals surface area contributed by atoms with Crippen LogP contribution in [0.25, 0.3) is 0 Å². The van der Waals surface area contributed by atoms with E-state index in [1.165, 1.54) is 11.3 Å². The number of thiazole rings is 1. The summed E-state index contributed by atoms with van der Waals surface area (Å²) < 4.78 is 10.5. The number of likely N-dealkylation sites (tertiary alicyclic amines) is 1. The highest BCUT2D eigenvalue weighted by molar-refractivity contribution is 7.14. The van der Waals surface area contributed by atoms with E-state index in [2.05, 4.69) is 10.3 Å². The van der Waals surface area contributed by atoms with Crippen LogP contribution in [0.1, 0.15) is 37.2 Å². The molecule has 2 heterocycles. The second-order valence-electron chi connectivity index (χ2n) is 6.44. The number of aromatic nitrogens is 1. The van der Waals surface area contributed by atoms with Crippen molar-refractivity contribution < 1.29 is 19.1 Å². The molecule has 1 amide bonds. The Kier molecular flexibility index (Phi) is 6.86. The number of nitrogens with zero attached hydrogens (tertiary/aromatic N) is 2. The van der Waals surface area contributed by atoms with E-state index in [4.69, 9.17) is 9.47 Å². The van der Waals surface area contributed by atoms with Crippen LogP contribution in [0.3, 0.4) is 0 Å². The number of rotatable bonds is 7. The molecule has 8 heteroatoms. The van der Waals surface area contributed by atoms with Crippen molar-refractivity contribution in [1.82, 2.24) is 9.88 Å². The van der Waals surface area contributed by atoms with Gasteiger partial charge >= 0.3 is 5.97 Å². The molecule has 0 bridgehead atoms. The highest BCUT2D eigenvalue weighted by Crippen LogP contribution is 2.25. The number of nitrogens with one attached hydrogen (secondary N) is 1. The van der Waals surface area contributed by atoms with E-state index >= 15 is 0 Å². The molecule has 0 saturated carbocycles. The summed E-state index contributed by atoms with van der Waals surface area (Å²) in [6, 6.07) is 7.60. The van der Waals surface area contributed by atoms with E-state index < -0.39 is 0 Å². The average molecular weight is 404 g/mol. The summed E-state index contributed by atoms with van der Waals surface area (Å²) in [6.07, 6.45) is 1.26. The Balaban J connectivity index is 1.55. The maximum Gasteiger partial charge on any atom is 0.309 e. The summed E-state index contributed by atoms with van der Waals surface area (Å²) in [5.74, 6) is 0.439. The second-order valence-corrected chi connectivity index (χ2v) is 7.30. The number of ether oxygens (including phenoxy) is 2. The number of anilines is 2. The number of hydrogen-bond acceptors (Lipinski definition) is 7. The maximum atomic E-state index is 12.7. The fourth-order valence-electron chi connectivity index (χ4n) is 3.09. The third kappa shape index (κ3) is 5.01. The Morgan fingerprint density at radius 1 is 1.18 bits per heavy atom. The minimum atomic E-state index is -0.162. The summed E-state index contributed by atoms with van der Waals surface area (Å²) in [5.41, 5.74) is 1.31. The van der Waals surface area contributed by atoms with Crippen molar-refractivity contribution >= 4 is 34.0 Å². The van der Waals surface area contributed by atoms with Gasteiger partial charge in [-0.05, 0) is 51.0 Å². The van der Waals surface area contributed by atoms with Crippen molar-refractivity contribution in [1.29, 1.82) is 0 Å². The molecular formula is C20H25N3O4S. The SMILES string of the molecule is CCOC(=O)C1CCN(C(=O)c2csc(Nc3ccc(OCC)cc3)n2)CC1. The number of amides is 1. The molecule has 1 saturated heterocycles. The highest BCUT2D eigenvalue weighted by Gasteiger charge is 2.29. The van der Waals surface area contributed by atoms with Gasteiger partial charge in [-0.1, -0.05) is 0 Å². The molecule has 1 fully saturated rings. The fourth-order valence-corrected chi connectivity index (χ4v) is 3.80. The Morgan fingerprint density at radius 3 is 2.54 bits per heavy atom. The van der Waals surface area contributed by atoms with E-state index in [0.29, 0.717) is 50.0 Å². The molecule has 0 aliphatic carbocycles. The van der Waals surface area contributed by atoms with Crippen molar-refractivity contribution in [3.05, 3.63) is 35.3 Å². The fraction of sp³-hybridized carbons (Fsp3) is 0.450. The van der Waals surface area contributed by atoms with Crippen LogP contribution in [0.4, 0.5) is 10.8 Å². The van der Waals surface area contributed by atoms with Crippen LogP contribution in [-0.4, -0.2) is 48.1 Å². The molecule has 7 nitrogen and oxygen atoms in total. The summed E-state index contributed by atoms with van der Waals surface area (Å²) in [4.78, 5) is 30.7. The Morgan fingerprint density at radius 2 is 1.89 bits per heavy atom. The molecular weight excluding hydrogens is 378 g/mol. The van der Waals surface area contributed by atoms with Gasteiger partial charge < -0.3 is 19.7 Å². The summed E-state index contributed by atoms with van der Waals surface area (Å²) in [6.45, 7) is 5.85. The smallest absolute Gasteiger partial charge is 0.309 e. The van der Waals surface area contributed by atoms with Gasteiger partial charge in [0.2, 0.25) is 0 Å². The van der Waals surface area contributed by atoms with Crippen LogP contribution in [0.2, 0.25) is 0 Å². The minimum absolute atomic E-state index is 0.0988. The normalized spacial score (nSPS) is 14.6. The van der Waals surface area contributed by atoms with Gasteiger partial charge in [0.05, 0.1) is 19.1 Å². The zero-order valence-electron chi connectivity index (χ0n) is 16.1. The predicted octanol–water partition coefficient (Wildman–Crippen LogP) is 3.70. The monoisotopic (exact) mass is 403 g/mol. The first-order valence-electron chi connectivity index (χ1n) is 9.52. The molecule has 1 aromatic carbocycles. The topological polar surface area (TPSA) is 80.8 Å². The zero-order chi connectivity index (χ0) is 19.9. The molecule has 0 radical (unpaired) electrons. The van der Waals surface area contributed by atoms with Crippen molar-refractivity contribution in [3.63, 3.8) is 0 Å². The average Bonchev–Trinajstić information content (AvgIpc) is 3.18. The van der Waals surface area contributed by atoms with Crippen LogP contribution < -0.4 is 10.1 Å². The minimum Gasteiger partial charge on any atom is -0.494 e. The first kappa shape index (κ1) is 20.1. The maximum absolute atomic E-state index is 12.7. The molecule has 0 unspecified atom stereocenters. The molecule has 1 aliphatic heterocycles. The molecule has 150 valence electrons. The quantitative estimate of drug-likeness (QED) is 0.710. The standard InChI is InChI=1S/C20H25N3O4S/c1-3-26-16-7-5-15(6-8-16)21-20-22-17(13-28-20)18(24)23-11-9-14(10-12-23)19(25)27-4-2/h5-8,13-14H,3-4,9-12H2,1-2H3,(H,21,22). The third-order valence-electron chi connectivity index (χ3n) is 4.54. The molecule has 2 aromatic rings. The summed E-state index contributed by atoms with van der Waals surface area (Å²) in [7, 11) is 0. The Bertz CT molecular complexity index is 798. The predicted molar refractivity (Wildman–Crippen MR) is 108 cm³/mol. The molecule has 1 N–H and O–H groups in total. The molecule has 1 aromatic heterocycles. The number of esters is 1. The van der Waals surface area contributed by atoms with Crippen LogP contribution in [0, 0.1) is 5.92 Å². The Labute approximate surface area is 168 Å². The lowest BCUT2D eigenvalue weighted by molar-refractivity contribution is -0.149. The number of piperidine rings is 1. The Hall–Kier alpha value is -2.61. The van der Waals surface area contributed by atoms with E-state index in [-0.39, 0.29) is 17.8 Å². The highest BCUT2D eigenvalue weighted by atomic mass is 32.1. The van der Waals surface area contributed by atoms with E-state index in [1.54, 1.807) is 17.2 Å². The van der Waals surface area contributed by atoms with Crippen molar-refractivity contribution in [2.45, 2.75) is 26.7 Å². The molecule has 0 spiro atoms. The first-order chi connectivity index (χ1) is 13.6. The van der Waals surface area contributed by atoms with Crippen molar-refractivity contribution in [2.24, 2.45) is 5.92 Å². The summed E-state index contributed by atoms with van der Waals surface area (Å²) in [5, 5.41) is 5.63. The molecule has 3 rings (SSSR count). The second kappa shape index (κ2) is 9.54. The lowest BCUT2D eigenvalue weighted by Gasteiger charge is -2.30. The van der Waals surface area contributed by atoms with E-state index in [9.17, 15) is 9.59 Å². The van der Waals surface area contributed by atoms with Crippen LogP contribution in [0.5, 0.6) is 5.75 Å². The van der Waals surface area contributed by atoms with Crippen molar-refractivity contribution in [2.75, 3.05) is 31.6 Å². The molecule has 1 aliphatic rings. The van der Waals surface area contributed by atoms with Gasteiger partial charge in [0.15, 0.2) is 5.13 Å². The zero-order valence-corrected chi connectivity index (χ0v) is 17.0. The van der Waals surface area contributed by atoms with Crippen LogP contribution >= 0.6 is 11.3 Å². The van der Waals surface area contributed by atoms with Crippen molar-refractivity contribution in [3.8, 4) is 5.75 Å². The van der Waals surface area contributed by atoms with Gasteiger partial charge in [-0.25, -0.2) is 4.98 Å². The van der Waals surface area contributed by atoms with E-state index in [0.717, 1.165) is 11.4 Å². The lowest BCUT2D eigenvalue weighted by Crippen LogP contribution is -2.40. The van der Waals surface area contributed by atoms with Gasteiger partial charge in [-0.2, -0.15) is 0 Å². The first-order valence-corrected chi connectivity index (χ1v) is 10.4. The number of carbonyl (C=O) groups excluding carboxylic acids is 2. The van der Waals surface area contributed by atoms with Crippen LogP contribution in [0.15, 0.2) is 29.6 Å². The lowest BCUT2D eigenvalue weighted by atomic mass is 9.97. The summed E-state index contributed by atoms with van der Waals surface area (Å²) >= 11 is 1.39. The number of hydrogen-bond donors (Lipinski definition) is 1. The van der Waals surface area contributed by atoms with Gasteiger partial charge in [0, 0.05) is 24.2 Å². The van der Waals surface area contributed by atoms with Gasteiger partial charge in [-0.3, -0.25) is 9.59 Å². The number of benzene rings is 1. The third-order valence-corrected chi connectivity index (χ3v) is 5.30. The largest absolute Gasteiger partial charge is 0.494 e. The van der Waals surface area contributed by atoms with Gasteiger partial charge in [0.1, 0.15) is 11.4 Å². The number of carbonyl (C=O) groups is 2. The van der Waals surface area contributed by atoms with Gasteiger partial charge in [0.25, 0.3) is 5.91 Å². The molecule has 0 atom stereocenters. The molecule has 28 heavy (non-hydrogen) atoms.